The maximum atomic E-state index is 11.8. The van der Waals surface area contributed by atoms with Crippen molar-refractivity contribution in [2.45, 2.75) is 13.8 Å². The highest BCUT2D eigenvalue weighted by Crippen LogP contribution is 2.11. The van der Waals surface area contributed by atoms with Gasteiger partial charge < -0.3 is 10.1 Å². The maximum Gasteiger partial charge on any atom is 0.352 e. The van der Waals surface area contributed by atoms with E-state index in [1.807, 2.05) is 13.8 Å². The lowest BCUT2D eigenvalue weighted by Gasteiger charge is -2.07. The van der Waals surface area contributed by atoms with E-state index >= 15 is 0 Å². The number of aromatic nitrogens is 2. The normalized spacial score (nSPS) is 10.4. The number of carboxylic acid groups (broad SMARTS) is 1. The Labute approximate surface area is 108 Å². The highest BCUT2D eigenvalue weighted by Gasteiger charge is 2.11. The average molecular weight is 260 g/mol. The van der Waals surface area contributed by atoms with Crippen molar-refractivity contribution in [1.82, 2.24) is 9.55 Å². The number of aromatic amines is 1. The minimum Gasteiger partial charge on any atom is -0.477 e. The Morgan fingerprint density at radius 2 is 1.84 bits per heavy atom. The van der Waals surface area contributed by atoms with Crippen molar-refractivity contribution >= 4 is 5.97 Å². The smallest absolute Gasteiger partial charge is 0.352 e. The molecule has 1 heterocycles. The molecule has 2 aromatic rings. The summed E-state index contributed by atoms with van der Waals surface area (Å²) in [6, 6.07) is 6.02. The Bertz CT molecular complexity index is 740. The molecule has 1 aromatic carbocycles. The monoisotopic (exact) mass is 260 g/mol. The molecule has 2 rings (SSSR count). The highest BCUT2D eigenvalue weighted by atomic mass is 16.4. The second kappa shape index (κ2) is 4.56. The summed E-state index contributed by atoms with van der Waals surface area (Å²) in [5.41, 5.74) is 0.514. The Hall–Kier alpha value is -2.63. The summed E-state index contributed by atoms with van der Waals surface area (Å²) in [5, 5.41) is 8.76. The second-order valence-corrected chi connectivity index (χ2v) is 4.24. The fourth-order valence-electron chi connectivity index (χ4n) is 1.72. The summed E-state index contributed by atoms with van der Waals surface area (Å²) < 4.78 is 0.902. The van der Waals surface area contributed by atoms with Crippen LogP contribution in [0, 0.1) is 13.8 Å². The lowest BCUT2D eigenvalue weighted by Crippen LogP contribution is -2.35. The Balaban J connectivity index is 2.70. The van der Waals surface area contributed by atoms with Crippen LogP contribution in [0.2, 0.25) is 0 Å². The van der Waals surface area contributed by atoms with Crippen LogP contribution in [0.1, 0.15) is 21.6 Å². The van der Waals surface area contributed by atoms with Gasteiger partial charge in [-0.05, 0) is 37.1 Å². The number of carbonyl (C=O) groups is 1. The average Bonchev–Trinajstić information content (AvgIpc) is 2.32. The number of aromatic carboxylic acids is 1. The Kier molecular flexibility index (Phi) is 3.08. The van der Waals surface area contributed by atoms with Gasteiger partial charge in [-0.1, -0.05) is 6.07 Å². The molecule has 98 valence electrons. The first kappa shape index (κ1) is 12.8. The van der Waals surface area contributed by atoms with E-state index in [1.54, 1.807) is 18.2 Å². The molecule has 0 atom stereocenters. The molecule has 0 fully saturated rings. The minimum atomic E-state index is -1.35. The van der Waals surface area contributed by atoms with Gasteiger partial charge in [0.05, 0.1) is 5.69 Å². The number of benzene rings is 1. The maximum absolute atomic E-state index is 11.8. The molecule has 0 aliphatic heterocycles. The van der Waals surface area contributed by atoms with Crippen LogP contribution in [0.3, 0.4) is 0 Å². The molecule has 19 heavy (non-hydrogen) atoms. The van der Waals surface area contributed by atoms with Gasteiger partial charge in [-0.2, -0.15) is 0 Å². The molecule has 0 aliphatic carbocycles. The number of carboxylic acids is 1. The largest absolute Gasteiger partial charge is 0.477 e. The Morgan fingerprint density at radius 1 is 1.16 bits per heavy atom. The van der Waals surface area contributed by atoms with E-state index in [4.69, 9.17) is 5.11 Å². The Morgan fingerprint density at radius 3 is 2.37 bits per heavy atom. The number of nitrogens with zero attached hydrogens (tertiary/aromatic N) is 1. The summed E-state index contributed by atoms with van der Waals surface area (Å²) in [6.45, 7) is 3.78. The van der Waals surface area contributed by atoms with Gasteiger partial charge in [0, 0.05) is 6.07 Å². The van der Waals surface area contributed by atoms with Crippen molar-refractivity contribution in [2.75, 3.05) is 0 Å². The third-order valence-corrected chi connectivity index (χ3v) is 2.91. The number of H-pyrrole nitrogens is 1. The molecule has 0 bridgehead atoms. The first-order valence-electron chi connectivity index (χ1n) is 5.57. The molecule has 6 nitrogen and oxygen atoms in total. The van der Waals surface area contributed by atoms with E-state index in [0.717, 1.165) is 21.8 Å². The van der Waals surface area contributed by atoms with Crippen molar-refractivity contribution < 1.29 is 9.90 Å². The molecule has 6 heteroatoms. The third-order valence-electron chi connectivity index (χ3n) is 2.91. The summed E-state index contributed by atoms with van der Waals surface area (Å²) in [7, 11) is 0. The first-order chi connectivity index (χ1) is 8.90. The van der Waals surface area contributed by atoms with Gasteiger partial charge in [-0.15, -0.1) is 0 Å². The summed E-state index contributed by atoms with van der Waals surface area (Å²) in [4.78, 5) is 36.5. The van der Waals surface area contributed by atoms with E-state index in [1.165, 1.54) is 0 Å². The van der Waals surface area contributed by atoms with Gasteiger partial charge in [0.1, 0.15) is 5.69 Å². The molecule has 0 radical (unpaired) electrons. The molecule has 1 aromatic heterocycles. The highest BCUT2D eigenvalue weighted by molar-refractivity contribution is 5.84. The SMILES string of the molecule is Cc1ccc(-n2c(=O)cc(C(=O)O)[nH]c2=O)cc1C. The topological polar surface area (TPSA) is 92.2 Å². The van der Waals surface area contributed by atoms with Crippen LogP contribution in [0.4, 0.5) is 0 Å². The third kappa shape index (κ3) is 2.33. The van der Waals surface area contributed by atoms with Crippen molar-refractivity contribution in [3.63, 3.8) is 0 Å². The van der Waals surface area contributed by atoms with Gasteiger partial charge in [0.15, 0.2) is 0 Å². The molecule has 0 saturated carbocycles. The zero-order valence-electron chi connectivity index (χ0n) is 10.4. The standard InChI is InChI=1S/C13H12N2O4/c1-7-3-4-9(5-8(7)2)15-11(16)6-10(12(17)18)14-13(15)19/h3-6H,1-2H3,(H,14,19)(H,17,18). The quantitative estimate of drug-likeness (QED) is 0.836. The van der Waals surface area contributed by atoms with Crippen molar-refractivity contribution in [3.8, 4) is 5.69 Å². The van der Waals surface area contributed by atoms with Crippen molar-refractivity contribution in [1.29, 1.82) is 0 Å². The van der Waals surface area contributed by atoms with Crippen LogP contribution in [0.5, 0.6) is 0 Å². The molecule has 0 aliphatic rings. The number of rotatable bonds is 2. The van der Waals surface area contributed by atoms with E-state index in [0.29, 0.717) is 5.69 Å². The molecular formula is C13H12N2O4. The number of hydrogen-bond donors (Lipinski definition) is 2. The van der Waals surface area contributed by atoms with Crippen molar-refractivity contribution in [2.24, 2.45) is 0 Å². The predicted molar refractivity (Wildman–Crippen MR) is 69.1 cm³/mol. The van der Waals surface area contributed by atoms with Crippen LogP contribution in [-0.4, -0.2) is 20.6 Å². The van der Waals surface area contributed by atoms with E-state index in [2.05, 4.69) is 4.98 Å². The van der Waals surface area contributed by atoms with Gasteiger partial charge in [-0.25, -0.2) is 14.2 Å². The molecule has 0 unspecified atom stereocenters. The van der Waals surface area contributed by atoms with E-state index < -0.39 is 22.9 Å². The van der Waals surface area contributed by atoms with Crippen LogP contribution in [0.25, 0.3) is 5.69 Å². The second-order valence-electron chi connectivity index (χ2n) is 4.24. The summed E-state index contributed by atoms with van der Waals surface area (Å²) >= 11 is 0. The van der Waals surface area contributed by atoms with Gasteiger partial charge in [0.2, 0.25) is 0 Å². The molecule has 0 spiro atoms. The fourth-order valence-corrected chi connectivity index (χ4v) is 1.72. The van der Waals surface area contributed by atoms with Gasteiger partial charge >= 0.3 is 11.7 Å². The zero-order valence-corrected chi connectivity index (χ0v) is 10.4. The van der Waals surface area contributed by atoms with Gasteiger partial charge in [-0.3, -0.25) is 4.79 Å². The van der Waals surface area contributed by atoms with Crippen LogP contribution < -0.4 is 11.2 Å². The fraction of sp³-hybridized carbons (Fsp3) is 0.154. The van der Waals surface area contributed by atoms with Crippen molar-refractivity contribution in [3.05, 3.63) is 61.9 Å². The number of aryl methyl sites for hydroxylation is 2. The van der Waals surface area contributed by atoms with E-state index in [-0.39, 0.29) is 0 Å². The zero-order chi connectivity index (χ0) is 14.2. The van der Waals surface area contributed by atoms with Crippen LogP contribution >= 0.6 is 0 Å². The minimum absolute atomic E-state index is 0.409. The molecule has 0 saturated heterocycles. The summed E-state index contributed by atoms with van der Waals surface area (Å²) in [5.74, 6) is -1.35. The van der Waals surface area contributed by atoms with E-state index in [9.17, 15) is 14.4 Å². The predicted octanol–water partition coefficient (Wildman–Crippen LogP) is 0.841. The lowest BCUT2D eigenvalue weighted by molar-refractivity contribution is 0.0689. The molecular weight excluding hydrogens is 248 g/mol. The lowest BCUT2D eigenvalue weighted by atomic mass is 10.1. The number of hydrogen-bond acceptors (Lipinski definition) is 3. The van der Waals surface area contributed by atoms with Crippen LogP contribution in [0.15, 0.2) is 33.9 Å². The summed E-state index contributed by atoms with van der Waals surface area (Å²) in [6.07, 6.45) is 0. The molecule has 2 N–H and O–H groups in total. The van der Waals surface area contributed by atoms with Gasteiger partial charge in [0.25, 0.3) is 5.56 Å². The molecule has 0 amide bonds. The first-order valence-corrected chi connectivity index (χ1v) is 5.57. The number of nitrogens with one attached hydrogen (secondary N) is 1. The van der Waals surface area contributed by atoms with Crippen LogP contribution in [-0.2, 0) is 0 Å².